The van der Waals surface area contributed by atoms with Crippen LogP contribution in [0.2, 0.25) is 0 Å². The van der Waals surface area contributed by atoms with Crippen LogP contribution in [0.1, 0.15) is 20.8 Å². The first-order valence-corrected chi connectivity index (χ1v) is 9.24. The van der Waals surface area contributed by atoms with Crippen molar-refractivity contribution in [2.24, 2.45) is 0 Å². The Labute approximate surface area is 150 Å². The standard InChI is InChI=1S/C19H9N3OS2/c20-8-12-16(21)14-13(11-6-3-7-24-11)15-17(22-19(14)25-12)9-4-1-2-5-10(9)18(15)23/h1-7H,21H2. The maximum atomic E-state index is 13.1. The van der Waals surface area contributed by atoms with E-state index < -0.39 is 0 Å². The van der Waals surface area contributed by atoms with Crippen LogP contribution in [0.15, 0.2) is 41.8 Å². The van der Waals surface area contributed by atoms with E-state index in [2.05, 4.69) is 6.07 Å². The molecule has 0 bridgehead atoms. The number of carbonyl (C=O) groups excluding carboxylic acids is 1. The predicted octanol–water partition coefficient (Wildman–Crippen LogP) is 4.69. The van der Waals surface area contributed by atoms with Gasteiger partial charge in [-0.3, -0.25) is 4.79 Å². The van der Waals surface area contributed by atoms with Gasteiger partial charge in [-0.25, -0.2) is 4.98 Å². The maximum Gasteiger partial charge on any atom is 0.196 e. The molecule has 0 fully saturated rings. The van der Waals surface area contributed by atoms with Crippen molar-refractivity contribution in [2.45, 2.75) is 0 Å². The van der Waals surface area contributed by atoms with Crippen molar-refractivity contribution in [2.75, 3.05) is 5.73 Å². The van der Waals surface area contributed by atoms with Crippen LogP contribution in [0, 0.1) is 11.3 Å². The van der Waals surface area contributed by atoms with Gasteiger partial charge in [-0.2, -0.15) is 5.26 Å². The number of fused-ring (bicyclic) bond motifs is 4. The number of nitrogens with two attached hydrogens (primary N) is 1. The quantitative estimate of drug-likeness (QED) is 0.471. The van der Waals surface area contributed by atoms with Gasteiger partial charge in [0.25, 0.3) is 0 Å². The van der Waals surface area contributed by atoms with Crippen molar-refractivity contribution in [1.82, 2.24) is 4.98 Å². The van der Waals surface area contributed by atoms with Gasteiger partial charge in [0, 0.05) is 27.0 Å². The van der Waals surface area contributed by atoms with Crippen LogP contribution < -0.4 is 5.73 Å². The summed E-state index contributed by atoms with van der Waals surface area (Å²) in [4.78, 5) is 19.9. The Kier molecular flexibility index (Phi) is 2.86. The summed E-state index contributed by atoms with van der Waals surface area (Å²) >= 11 is 2.82. The number of rotatable bonds is 1. The van der Waals surface area contributed by atoms with Crippen molar-refractivity contribution in [3.05, 3.63) is 57.8 Å². The molecule has 0 saturated heterocycles. The Morgan fingerprint density at radius 1 is 1.08 bits per heavy atom. The molecule has 0 radical (unpaired) electrons. The van der Waals surface area contributed by atoms with Crippen LogP contribution in [0.5, 0.6) is 0 Å². The number of benzene rings is 1. The van der Waals surface area contributed by atoms with E-state index in [9.17, 15) is 10.1 Å². The van der Waals surface area contributed by atoms with Gasteiger partial charge in [0.15, 0.2) is 5.78 Å². The summed E-state index contributed by atoms with van der Waals surface area (Å²) in [7, 11) is 0. The van der Waals surface area contributed by atoms with E-state index in [1.165, 1.54) is 11.3 Å². The minimum absolute atomic E-state index is 0.0347. The lowest BCUT2D eigenvalue weighted by Gasteiger charge is -2.08. The fourth-order valence-electron chi connectivity index (χ4n) is 3.34. The summed E-state index contributed by atoms with van der Waals surface area (Å²) in [6, 6.07) is 13.6. The Hall–Kier alpha value is -3.01. The van der Waals surface area contributed by atoms with Crippen LogP contribution in [-0.4, -0.2) is 10.8 Å². The number of ketones is 1. The minimum atomic E-state index is -0.0347. The number of nitrogen functional groups attached to an aromatic ring is 1. The zero-order valence-electron chi connectivity index (χ0n) is 12.7. The molecule has 6 heteroatoms. The summed E-state index contributed by atoms with van der Waals surface area (Å²) < 4.78 is 0. The second-order valence-electron chi connectivity index (χ2n) is 5.70. The summed E-state index contributed by atoms with van der Waals surface area (Å²) in [5, 5.41) is 12.0. The lowest BCUT2D eigenvalue weighted by molar-refractivity contribution is 0.104. The largest absolute Gasteiger partial charge is 0.396 e. The van der Waals surface area contributed by atoms with Gasteiger partial charge in [0.05, 0.1) is 16.9 Å². The average molecular weight is 359 g/mol. The molecule has 4 aromatic rings. The number of anilines is 1. The second-order valence-corrected chi connectivity index (χ2v) is 7.65. The highest BCUT2D eigenvalue weighted by Crippen LogP contribution is 2.48. The number of nitriles is 1. The van der Waals surface area contributed by atoms with Crippen LogP contribution in [0.3, 0.4) is 0 Å². The number of thiophene rings is 2. The van der Waals surface area contributed by atoms with Crippen LogP contribution >= 0.6 is 22.7 Å². The first kappa shape index (κ1) is 14.3. The molecular formula is C19H9N3OS2. The Balaban J connectivity index is 2.01. The molecular weight excluding hydrogens is 350 g/mol. The highest BCUT2D eigenvalue weighted by Gasteiger charge is 2.34. The van der Waals surface area contributed by atoms with Crippen molar-refractivity contribution in [3.8, 4) is 27.8 Å². The topological polar surface area (TPSA) is 79.8 Å². The van der Waals surface area contributed by atoms with Crippen molar-refractivity contribution in [3.63, 3.8) is 0 Å². The van der Waals surface area contributed by atoms with Crippen molar-refractivity contribution in [1.29, 1.82) is 5.26 Å². The second kappa shape index (κ2) is 4.99. The third-order valence-corrected chi connectivity index (χ3v) is 6.29. The van der Waals surface area contributed by atoms with Crippen molar-refractivity contribution < 1.29 is 4.79 Å². The molecule has 0 aliphatic heterocycles. The highest BCUT2D eigenvalue weighted by molar-refractivity contribution is 7.20. The minimum Gasteiger partial charge on any atom is -0.396 e. The Morgan fingerprint density at radius 3 is 2.60 bits per heavy atom. The number of hydrogen-bond acceptors (Lipinski definition) is 6. The van der Waals surface area contributed by atoms with Crippen LogP contribution in [0.4, 0.5) is 5.69 Å². The molecule has 1 aromatic carbocycles. The summed E-state index contributed by atoms with van der Waals surface area (Å²) in [6.07, 6.45) is 0. The first-order chi connectivity index (χ1) is 12.2. The molecule has 5 rings (SSSR count). The lowest BCUT2D eigenvalue weighted by Crippen LogP contribution is -2.00. The summed E-state index contributed by atoms with van der Waals surface area (Å²) in [6.45, 7) is 0. The SMILES string of the molecule is N#Cc1sc2nc3c(c(-c4cccs4)c2c1N)C(=O)c1ccccc1-3. The van der Waals surface area contributed by atoms with E-state index in [0.29, 0.717) is 37.6 Å². The number of nitrogens with zero attached hydrogens (tertiary/aromatic N) is 2. The third-order valence-electron chi connectivity index (χ3n) is 4.40. The van der Waals surface area contributed by atoms with Gasteiger partial charge in [0.1, 0.15) is 15.8 Å². The monoisotopic (exact) mass is 359 g/mol. The summed E-state index contributed by atoms with van der Waals surface area (Å²) in [5.41, 5.74) is 10.2. The zero-order chi connectivity index (χ0) is 17.1. The molecule has 25 heavy (non-hydrogen) atoms. The molecule has 118 valence electrons. The first-order valence-electron chi connectivity index (χ1n) is 7.54. The predicted molar refractivity (Wildman–Crippen MR) is 101 cm³/mol. The molecule has 2 N–H and O–H groups in total. The number of aromatic nitrogens is 1. The molecule has 4 nitrogen and oxygen atoms in total. The molecule has 0 amide bonds. The van der Waals surface area contributed by atoms with Gasteiger partial charge in [-0.1, -0.05) is 30.3 Å². The number of hydrogen-bond donors (Lipinski definition) is 1. The fraction of sp³-hybridized carbons (Fsp3) is 0. The maximum absolute atomic E-state index is 13.1. The molecule has 0 saturated carbocycles. The summed E-state index contributed by atoms with van der Waals surface area (Å²) in [5.74, 6) is -0.0347. The molecule has 0 spiro atoms. The highest BCUT2D eigenvalue weighted by atomic mass is 32.1. The van der Waals surface area contributed by atoms with Crippen LogP contribution in [-0.2, 0) is 0 Å². The normalized spacial score (nSPS) is 12.2. The van der Waals surface area contributed by atoms with Crippen molar-refractivity contribution >= 4 is 44.4 Å². The molecule has 0 unspecified atom stereocenters. The van der Waals surface area contributed by atoms with E-state index in [1.54, 1.807) is 11.3 Å². The average Bonchev–Trinajstić information content (AvgIpc) is 3.33. The third kappa shape index (κ3) is 1.79. The van der Waals surface area contributed by atoms with Gasteiger partial charge in [-0.05, 0) is 11.4 Å². The molecule has 1 aliphatic carbocycles. The van der Waals surface area contributed by atoms with E-state index in [-0.39, 0.29) is 5.78 Å². The zero-order valence-corrected chi connectivity index (χ0v) is 14.4. The van der Waals surface area contributed by atoms with E-state index in [0.717, 1.165) is 16.0 Å². The van der Waals surface area contributed by atoms with Gasteiger partial charge in [-0.15, -0.1) is 22.7 Å². The van der Waals surface area contributed by atoms with Gasteiger partial charge in [0.2, 0.25) is 0 Å². The Morgan fingerprint density at radius 2 is 1.88 bits per heavy atom. The molecule has 3 aromatic heterocycles. The molecule has 1 aliphatic rings. The van der Waals surface area contributed by atoms with E-state index >= 15 is 0 Å². The van der Waals surface area contributed by atoms with E-state index in [4.69, 9.17) is 10.7 Å². The fourth-order valence-corrected chi connectivity index (χ4v) is 5.03. The number of carbonyl (C=O) groups is 1. The van der Waals surface area contributed by atoms with Gasteiger partial charge >= 0.3 is 0 Å². The smallest absolute Gasteiger partial charge is 0.196 e. The molecule has 3 heterocycles. The molecule has 0 atom stereocenters. The van der Waals surface area contributed by atoms with Gasteiger partial charge < -0.3 is 5.73 Å². The number of pyridine rings is 1. The lowest BCUT2D eigenvalue weighted by atomic mass is 10.00. The van der Waals surface area contributed by atoms with E-state index in [1.807, 2.05) is 41.8 Å². The Bertz CT molecular complexity index is 1230. The van der Waals surface area contributed by atoms with Crippen LogP contribution in [0.25, 0.3) is 31.9 Å².